The van der Waals surface area contributed by atoms with Gasteiger partial charge in [0.2, 0.25) is 5.91 Å². The van der Waals surface area contributed by atoms with Gasteiger partial charge in [-0.1, -0.05) is 23.2 Å². The Balaban J connectivity index is 1.68. The van der Waals surface area contributed by atoms with Crippen LogP contribution in [0, 0.1) is 11.6 Å². The molecule has 206 valence electrons. The van der Waals surface area contributed by atoms with Crippen molar-refractivity contribution in [2.75, 3.05) is 11.9 Å². The Morgan fingerprint density at radius 1 is 1.15 bits per heavy atom. The summed E-state index contributed by atoms with van der Waals surface area (Å²) in [6, 6.07) is 3.91. The first kappa shape index (κ1) is 28.8. The smallest absolute Gasteiger partial charge is 0.233 e. The van der Waals surface area contributed by atoms with Crippen molar-refractivity contribution in [3.05, 3.63) is 93.2 Å². The summed E-state index contributed by atoms with van der Waals surface area (Å²) in [5, 5.41) is 2.68. The molecule has 0 bridgehead atoms. The molecule has 40 heavy (non-hydrogen) atoms. The van der Waals surface area contributed by atoms with E-state index >= 15 is 0 Å². The minimum absolute atomic E-state index is 0.0570. The van der Waals surface area contributed by atoms with E-state index in [-0.39, 0.29) is 45.5 Å². The molecule has 13 heteroatoms. The highest BCUT2D eigenvalue weighted by Gasteiger charge is 2.33. The Hall–Kier alpha value is -4.18. The second kappa shape index (κ2) is 11.5. The van der Waals surface area contributed by atoms with Crippen LogP contribution in [-0.2, 0) is 26.3 Å². The predicted octanol–water partition coefficient (Wildman–Crippen LogP) is 5.00. The van der Waals surface area contributed by atoms with E-state index in [1.807, 2.05) is 5.94 Å². The van der Waals surface area contributed by atoms with Crippen molar-refractivity contribution < 1.29 is 23.1 Å². The summed E-state index contributed by atoms with van der Waals surface area (Å²) in [4.78, 5) is 42.8. The minimum Gasteiger partial charge on any atom is -0.485 e. The van der Waals surface area contributed by atoms with E-state index in [9.17, 15) is 18.4 Å². The molecule has 0 saturated heterocycles. The number of halogens is 4. The van der Waals surface area contributed by atoms with Gasteiger partial charge in [0, 0.05) is 37.3 Å². The fraction of sp³-hybridized carbons (Fsp3) is 0.222. The van der Waals surface area contributed by atoms with Crippen LogP contribution < -0.4 is 10.2 Å². The Kier molecular flexibility index (Phi) is 8.29. The number of aromatic nitrogens is 4. The molecule has 0 aliphatic carbocycles. The maximum atomic E-state index is 14.0. The summed E-state index contributed by atoms with van der Waals surface area (Å²) in [6.07, 6.45) is 5.29. The molecule has 3 aromatic heterocycles. The van der Waals surface area contributed by atoms with Gasteiger partial charge in [-0.25, -0.2) is 23.5 Å². The molecule has 1 amide bonds. The number of ether oxygens (including phenoxy) is 1. The topological polar surface area (TPSA) is 110 Å². The fourth-order valence-corrected chi connectivity index (χ4v) is 4.29. The van der Waals surface area contributed by atoms with Crippen LogP contribution in [0.3, 0.4) is 0 Å². The molecule has 0 atom stereocenters. The third-order valence-corrected chi connectivity index (χ3v) is 6.69. The van der Waals surface area contributed by atoms with E-state index < -0.39 is 17.0 Å². The molecule has 0 saturated carbocycles. The molecule has 0 radical (unpaired) electrons. The van der Waals surface area contributed by atoms with E-state index in [0.717, 1.165) is 6.20 Å². The van der Waals surface area contributed by atoms with Crippen molar-refractivity contribution in [3.8, 4) is 11.4 Å². The molecule has 0 fully saturated rings. The van der Waals surface area contributed by atoms with Crippen molar-refractivity contribution in [1.29, 1.82) is 0 Å². The van der Waals surface area contributed by atoms with Gasteiger partial charge in [-0.05, 0) is 32.9 Å². The molecule has 1 aliphatic heterocycles. The van der Waals surface area contributed by atoms with Gasteiger partial charge < -0.3 is 15.0 Å². The van der Waals surface area contributed by atoms with Crippen LogP contribution in [0.4, 0.5) is 14.5 Å². The lowest BCUT2D eigenvalue weighted by atomic mass is 9.91. The number of hydrogen-bond acceptors (Lipinski definition) is 8. The van der Waals surface area contributed by atoms with E-state index in [2.05, 4.69) is 25.3 Å². The third kappa shape index (κ3) is 5.58. The molecule has 4 heterocycles. The van der Waals surface area contributed by atoms with Crippen LogP contribution in [0.2, 0.25) is 5.02 Å². The molecule has 0 unspecified atom stereocenters. The van der Waals surface area contributed by atoms with Gasteiger partial charge in [0.1, 0.15) is 40.1 Å². The highest BCUT2D eigenvalue weighted by Crippen LogP contribution is 2.40. The van der Waals surface area contributed by atoms with Crippen molar-refractivity contribution in [2.24, 2.45) is 0 Å². The van der Waals surface area contributed by atoms with Crippen LogP contribution in [0.1, 0.15) is 32.3 Å². The van der Waals surface area contributed by atoms with E-state index in [1.54, 1.807) is 32.9 Å². The predicted molar refractivity (Wildman–Crippen MR) is 145 cm³/mol. The van der Waals surface area contributed by atoms with Crippen LogP contribution in [0.25, 0.3) is 11.4 Å². The number of carbonyl (C=O) groups is 1. The SMILES string of the molecule is CNC(=O)C(C)(C)c1nccc(-c2cc(N3C(=C=O)C(Cl)=C(OCc4ncc(F)cc4F)C=C3C)c(Cl)cn2)n1. The molecule has 1 N–H and O–H groups in total. The summed E-state index contributed by atoms with van der Waals surface area (Å²) < 4.78 is 32.8. The molecule has 0 aromatic carbocycles. The second-order valence-corrected chi connectivity index (χ2v) is 9.90. The van der Waals surface area contributed by atoms with Crippen molar-refractivity contribution in [3.63, 3.8) is 0 Å². The highest BCUT2D eigenvalue weighted by molar-refractivity contribution is 6.35. The molecule has 3 aromatic rings. The van der Waals surface area contributed by atoms with Gasteiger partial charge in [0.05, 0.1) is 28.3 Å². The first-order chi connectivity index (χ1) is 19.0. The molecule has 0 spiro atoms. The Bertz CT molecular complexity index is 1620. The van der Waals surface area contributed by atoms with Crippen LogP contribution >= 0.6 is 23.2 Å². The number of nitrogens with one attached hydrogen (secondary N) is 1. The maximum Gasteiger partial charge on any atom is 0.233 e. The number of likely N-dealkylation sites (N-methyl/N-ethyl adjacent to an activating group) is 1. The standard InChI is InChI=1S/C27H22Cl2F2N6O3/c1-14-7-23(40-13-20-17(31)8-15(30)10-34-20)24(29)22(12-38)37(14)21-9-19(35-11-16(21)28)18-5-6-33-25(36-18)27(2,3)26(39)32-4/h5-11H,13H2,1-4H3,(H,32,39). The van der Waals surface area contributed by atoms with Gasteiger partial charge >= 0.3 is 0 Å². The number of carbonyl (C=O) groups excluding carboxylic acids is 2. The lowest BCUT2D eigenvalue weighted by molar-refractivity contribution is -0.125. The van der Waals surface area contributed by atoms with Crippen molar-refractivity contribution in [2.45, 2.75) is 32.8 Å². The number of anilines is 1. The summed E-state index contributed by atoms with van der Waals surface area (Å²) in [5.41, 5.74) is 0.326. The third-order valence-electron chi connectivity index (χ3n) is 6.03. The van der Waals surface area contributed by atoms with E-state index in [1.165, 1.54) is 30.4 Å². The van der Waals surface area contributed by atoms with E-state index in [4.69, 9.17) is 27.9 Å². The van der Waals surface area contributed by atoms with Crippen LogP contribution in [0.5, 0.6) is 0 Å². The van der Waals surface area contributed by atoms with Crippen LogP contribution in [0.15, 0.2) is 65.1 Å². The quantitative estimate of drug-likeness (QED) is 0.385. The summed E-state index contributed by atoms with van der Waals surface area (Å²) in [7, 11) is 1.53. The Morgan fingerprint density at radius 2 is 1.90 bits per heavy atom. The first-order valence-electron chi connectivity index (χ1n) is 11.8. The highest BCUT2D eigenvalue weighted by atomic mass is 35.5. The van der Waals surface area contributed by atoms with Gasteiger partial charge in [-0.2, -0.15) is 0 Å². The largest absolute Gasteiger partial charge is 0.485 e. The average molecular weight is 587 g/mol. The number of rotatable bonds is 7. The zero-order valence-corrected chi connectivity index (χ0v) is 23.2. The number of pyridine rings is 2. The lowest BCUT2D eigenvalue weighted by Gasteiger charge is -2.30. The molecule has 4 rings (SSSR count). The molecule has 1 aliphatic rings. The number of nitrogens with zero attached hydrogens (tertiary/aromatic N) is 5. The fourth-order valence-electron chi connectivity index (χ4n) is 3.87. The Morgan fingerprint density at radius 3 is 2.58 bits per heavy atom. The summed E-state index contributed by atoms with van der Waals surface area (Å²) >= 11 is 13.0. The minimum atomic E-state index is -1.01. The summed E-state index contributed by atoms with van der Waals surface area (Å²) in [6.45, 7) is 4.70. The van der Waals surface area contributed by atoms with Gasteiger partial charge in [-0.3, -0.25) is 14.8 Å². The van der Waals surface area contributed by atoms with Gasteiger partial charge in [-0.15, -0.1) is 0 Å². The lowest BCUT2D eigenvalue weighted by Crippen LogP contribution is -2.39. The molecule has 9 nitrogen and oxygen atoms in total. The van der Waals surface area contributed by atoms with Crippen molar-refractivity contribution >= 4 is 40.7 Å². The monoisotopic (exact) mass is 586 g/mol. The number of allylic oxidation sites excluding steroid dienone is 3. The molecular weight excluding hydrogens is 565 g/mol. The normalized spacial score (nSPS) is 13.7. The Labute approximate surface area is 238 Å². The number of hydrogen-bond donors (Lipinski definition) is 1. The van der Waals surface area contributed by atoms with Crippen molar-refractivity contribution in [1.82, 2.24) is 25.3 Å². The van der Waals surface area contributed by atoms with E-state index in [0.29, 0.717) is 28.8 Å². The second-order valence-electron chi connectivity index (χ2n) is 9.11. The maximum absolute atomic E-state index is 14.0. The zero-order chi connectivity index (χ0) is 29.2. The van der Waals surface area contributed by atoms with Crippen LogP contribution in [-0.4, -0.2) is 38.8 Å². The number of amides is 1. The molecular formula is C27H22Cl2F2N6O3. The summed E-state index contributed by atoms with van der Waals surface area (Å²) in [5.74, 6) is 0.176. The van der Waals surface area contributed by atoms with Gasteiger partial charge in [0.15, 0.2) is 17.5 Å². The van der Waals surface area contributed by atoms with Gasteiger partial charge in [0.25, 0.3) is 0 Å². The zero-order valence-electron chi connectivity index (χ0n) is 21.7. The average Bonchev–Trinajstić information content (AvgIpc) is 2.93. The first-order valence-corrected chi connectivity index (χ1v) is 12.5.